The summed E-state index contributed by atoms with van der Waals surface area (Å²) in [7, 11) is -5.11. The normalized spacial score (nSPS) is 18.3. The Morgan fingerprint density at radius 2 is 1.13 bits per heavy atom. The molecular formula is C22H42O7S. The van der Waals surface area contributed by atoms with Crippen LogP contribution >= 0.6 is 0 Å². The van der Waals surface area contributed by atoms with Gasteiger partial charge in [-0.25, -0.2) is 0 Å². The van der Waals surface area contributed by atoms with Crippen LogP contribution in [-0.4, -0.2) is 40.4 Å². The fourth-order valence-electron chi connectivity index (χ4n) is 4.66. The largest absolute Gasteiger partial charge is 0.481 e. The molecule has 3 atom stereocenters. The maximum atomic E-state index is 12.4. The highest BCUT2D eigenvalue weighted by atomic mass is 32.2. The molecule has 0 amide bonds. The van der Waals surface area contributed by atoms with E-state index in [2.05, 4.69) is 41.5 Å². The van der Waals surface area contributed by atoms with Gasteiger partial charge in [0.05, 0.1) is 5.41 Å². The number of aliphatic carboxylic acids is 2. The molecule has 0 aliphatic carbocycles. The summed E-state index contributed by atoms with van der Waals surface area (Å²) in [5, 5.41) is 17.3. The fraction of sp³-hybridized carbons (Fsp3) is 0.909. The van der Waals surface area contributed by atoms with E-state index < -0.39 is 32.7 Å². The van der Waals surface area contributed by atoms with Gasteiger partial charge in [0.1, 0.15) is 0 Å². The van der Waals surface area contributed by atoms with Crippen LogP contribution in [0.1, 0.15) is 93.9 Å². The first-order chi connectivity index (χ1) is 13.2. The fourth-order valence-corrected chi connectivity index (χ4v) is 5.83. The molecule has 3 N–H and O–H groups in total. The predicted molar refractivity (Wildman–Crippen MR) is 118 cm³/mol. The highest BCUT2D eigenvalue weighted by molar-refractivity contribution is 7.87. The summed E-state index contributed by atoms with van der Waals surface area (Å²) >= 11 is 0. The van der Waals surface area contributed by atoms with Gasteiger partial charge < -0.3 is 10.2 Å². The lowest BCUT2D eigenvalue weighted by atomic mass is 9.71. The highest BCUT2D eigenvalue weighted by Crippen LogP contribution is 2.42. The zero-order valence-corrected chi connectivity index (χ0v) is 20.7. The van der Waals surface area contributed by atoms with Gasteiger partial charge in [0.2, 0.25) is 0 Å². The van der Waals surface area contributed by atoms with Gasteiger partial charge in [-0.2, -0.15) is 8.42 Å². The standard InChI is InChI=1S/C22H42O7S/c1-15(13-20(3,4)5)9-11-22(19(25)26,17(18(23)24)30(27,28)29)12-10-16(2)14-21(6,7)8/h15-17H,9-14H2,1-8H3,(H,23,24)(H,25,26)(H,27,28,29). The van der Waals surface area contributed by atoms with Crippen LogP contribution in [0.5, 0.6) is 0 Å². The molecule has 3 unspecified atom stereocenters. The molecule has 30 heavy (non-hydrogen) atoms. The van der Waals surface area contributed by atoms with E-state index in [9.17, 15) is 32.8 Å². The third kappa shape index (κ3) is 9.77. The van der Waals surface area contributed by atoms with Crippen LogP contribution < -0.4 is 0 Å². The topological polar surface area (TPSA) is 129 Å². The van der Waals surface area contributed by atoms with Crippen molar-refractivity contribution in [3.63, 3.8) is 0 Å². The van der Waals surface area contributed by atoms with Gasteiger partial charge in [-0.1, -0.05) is 55.4 Å². The van der Waals surface area contributed by atoms with Crippen LogP contribution in [0, 0.1) is 28.1 Å². The molecule has 0 fully saturated rings. The summed E-state index contributed by atoms with van der Waals surface area (Å²) in [6.45, 7) is 16.2. The molecule has 0 heterocycles. The molecule has 0 rings (SSSR count). The molecule has 0 aromatic carbocycles. The molecule has 8 heteroatoms. The first-order valence-corrected chi connectivity index (χ1v) is 12.1. The van der Waals surface area contributed by atoms with Crippen molar-refractivity contribution in [1.29, 1.82) is 0 Å². The maximum absolute atomic E-state index is 12.4. The van der Waals surface area contributed by atoms with E-state index in [1.165, 1.54) is 0 Å². The Bertz CT molecular complexity index is 657. The minimum absolute atomic E-state index is 0.00176. The Labute approximate surface area is 182 Å². The molecule has 0 bridgehead atoms. The van der Waals surface area contributed by atoms with Crippen LogP contribution in [-0.2, 0) is 19.7 Å². The Hall–Kier alpha value is -1.15. The van der Waals surface area contributed by atoms with Gasteiger partial charge >= 0.3 is 11.9 Å². The van der Waals surface area contributed by atoms with Crippen molar-refractivity contribution in [3.05, 3.63) is 0 Å². The van der Waals surface area contributed by atoms with E-state index in [4.69, 9.17) is 0 Å². The summed E-state index contributed by atoms with van der Waals surface area (Å²) in [6, 6.07) is 0. The van der Waals surface area contributed by atoms with Crippen LogP contribution in [0.15, 0.2) is 0 Å². The number of carboxylic acid groups (broad SMARTS) is 2. The predicted octanol–water partition coefficient (Wildman–Crippen LogP) is 5.10. The van der Waals surface area contributed by atoms with Gasteiger partial charge in [0.15, 0.2) is 5.25 Å². The van der Waals surface area contributed by atoms with Crippen LogP contribution in [0.25, 0.3) is 0 Å². The van der Waals surface area contributed by atoms with Crippen LogP contribution in [0.4, 0.5) is 0 Å². The van der Waals surface area contributed by atoms with Gasteiger partial charge in [0, 0.05) is 0 Å². The quantitative estimate of drug-likeness (QED) is 0.353. The second kappa shape index (κ2) is 10.4. The van der Waals surface area contributed by atoms with Gasteiger partial charge in [-0.15, -0.1) is 0 Å². The average molecular weight is 451 g/mol. The van der Waals surface area contributed by atoms with E-state index in [-0.39, 0.29) is 35.5 Å². The lowest BCUT2D eigenvalue weighted by Crippen LogP contribution is -2.51. The highest BCUT2D eigenvalue weighted by Gasteiger charge is 2.55. The smallest absolute Gasteiger partial charge is 0.325 e. The summed E-state index contributed by atoms with van der Waals surface area (Å²) < 4.78 is 33.6. The van der Waals surface area contributed by atoms with Gasteiger partial charge in [-0.3, -0.25) is 14.1 Å². The molecule has 0 radical (unpaired) electrons. The van der Waals surface area contributed by atoms with Crippen molar-refractivity contribution in [2.75, 3.05) is 0 Å². The summed E-state index contributed by atoms with van der Waals surface area (Å²) in [5.74, 6) is -3.16. The third-order valence-corrected chi connectivity index (χ3v) is 6.79. The van der Waals surface area contributed by atoms with Crippen LogP contribution in [0.2, 0.25) is 0 Å². The zero-order valence-electron chi connectivity index (χ0n) is 19.9. The number of hydrogen-bond donors (Lipinski definition) is 3. The number of hydrogen-bond acceptors (Lipinski definition) is 4. The zero-order chi connectivity index (χ0) is 24.1. The second-order valence-electron chi connectivity index (χ2n) is 11.5. The minimum Gasteiger partial charge on any atom is -0.481 e. The van der Waals surface area contributed by atoms with Crippen molar-refractivity contribution in [1.82, 2.24) is 0 Å². The number of carboxylic acids is 2. The van der Waals surface area contributed by atoms with Gasteiger partial charge in [0.25, 0.3) is 10.1 Å². The molecule has 178 valence electrons. The summed E-state index contributed by atoms with van der Waals surface area (Å²) in [5.41, 5.74) is -2.08. The Morgan fingerprint density at radius 3 is 1.33 bits per heavy atom. The first-order valence-electron chi connectivity index (χ1n) is 10.6. The monoisotopic (exact) mass is 450 g/mol. The second-order valence-corrected chi connectivity index (χ2v) is 13.0. The van der Waals surface area contributed by atoms with Gasteiger partial charge in [-0.05, 0) is 61.2 Å². The molecule has 0 saturated heterocycles. The Balaban J connectivity index is 5.99. The first kappa shape index (κ1) is 28.9. The number of rotatable bonds is 12. The van der Waals surface area contributed by atoms with E-state index in [1.54, 1.807) is 0 Å². The molecule has 0 aromatic rings. The van der Waals surface area contributed by atoms with Crippen molar-refractivity contribution in [2.24, 2.45) is 28.1 Å². The lowest BCUT2D eigenvalue weighted by molar-refractivity contribution is -0.157. The van der Waals surface area contributed by atoms with Crippen molar-refractivity contribution < 1.29 is 32.8 Å². The SMILES string of the molecule is CC(CCC(CCC(C)CC(C)(C)C)(C(=O)O)C(C(=O)O)S(=O)(=O)O)CC(C)(C)C. The summed E-state index contributed by atoms with van der Waals surface area (Å²) in [4.78, 5) is 24.2. The molecular weight excluding hydrogens is 408 g/mol. The van der Waals surface area contributed by atoms with Crippen molar-refractivity contribution >= 4 is 22.1 Å². The van der Waals surface area contributed by atoms with Crippen molar-refractivity contribution in [2.45, 2.75) is 99.2 Å². The minimum atomic E-state index is -5.11. The van der Waals surface area contributed by atoms with Crippen LogP contribution in [0.3, 0.4) is 0 Å². The Kier molecular flexibility index (Phi) is 10.0. The average Bonchev–Trinajstić information content (AvgIpc) is 2.44. The lowest BCUT2D eigenvalue weighted by Gasteiger charge is -2.36. The van der Waals surface area contributed by atoms with E-state index in [0.29, 0.717) is 12.8 Å². The molecule has 0 spiro atoms. The van der Waals surface area contributed by atoms with Crippen molar-refractivity contribution in [3.8, 4) is 0 Å². The van der Waals surface area contributed by atoms with E-state index >= 15 is 0 Å². The number of carbonyl (C=O) groups is 2. The molecule has 0 saturated carbocycles. The maximum Gasteiger partial charge on any atom is 0.325 e. The van der Waals surface area contributed by atoms with E-state index in [0.717, 1.165) is 12.8 Å². The van der Waals surface area contributed by atoms with E-state index in [1.807, 2.05) is 13.8 Å². The Morgan fingerprint density at radius 1 is 0.800 bits per heavy atom. The molecule has 0 aromatic heterocycles. The molecule has 7 nitrogen and oxygen atoms in total. The third-order valence-electron chi connectivity index (χ3n) is 5.54. The molecule has 0 aliphatic heterocycles. The molecule has 0 aliphatic rings. The summed E-state index contributed by atoms with van der Waals surface area (Å²) in [6.07, 6.45) is 2.03.